The quantitative estimate of drug-likeness (QED) is 0.347. The first kappa shape index (κ1) is 20.4. The lowest BCUT2D eigenvalue weighted by Crippen LogP contribution is -2.40. The van der Waals surface area contributed by atoms with E-state index in [1.807, 2.05) is 31.2 Å². The highest BCUT2D eigenvalue weighted by Gasteiger charge is 2.10. The van der Waals surface area contributed by atoms with E-state index in [0.717, 1.165) is 11.4 Å². The fourth-order valence-electron chi connectivity index (χ4n) is 2.01. The number of aromatic nitrogens is 1. The van der Waals surface area contributed by atoms with Crippen LogP contribution in [0, 0.1) is 0 Å². The van der Waals surface area contributed by atoms with E-state index in [4.69, 9.17) is 33.3 Å². The van der Waals surface area contributed by atoms with Crippen LogP contribution in [0.15, 0.2) is 29.4 Å². The van der Waals surface area contributed by atoms with E-state index in [1.54, 1.807) is 20.4 Å². The van der Waals surface area contributed by atoms with Crippen LogP contribution in [-0.2, 0) is 4.74 Å². The molecule has 0 saturated heterocycles. The maximum absolute atomic E-state index is 6.17. The Kier molecular flexibility index (Phi) is 8.05. The maximum atomic E-state index is 6.17. The second kappa shape index (κ2) is 10.3. The molecule has 3 N–H and O–H groups in total. The molecule has 7 nitrogen and oxygen atoms in total. The lowest BCUT2D eigenvalue weighted by Gasteiger charge is -2.13. The summed E-state index contributed by atoms with van der Waals surface area (Å²) >= 11 is 12.7. The molecule has 140 valence electrons. The third-order valence-corrected chi connectivity index (χ3v) is 4.61. The molecule has 1 aromatic heterocycles. The van der Waals surface area contributed by atoms with Crippen molar-refractivity contribution >= 4 is 57.3 Å². The highest BCUT2D eigenvalue weighted by molar-refractivity contribution is 7.80. The minimum absolute atomic E-state index is 0.0823. The maximum Gasteiger partial charge on any atom is 0.189 e. The van der Waals surface area contributed by atoms with Gasteiger partial charge in [-0.2, -0.15) is 5.10 Å². The van der Waals surface area contributed by atoms with Crippen molar-refractivity contribution in [1.82, 2.24) is 15.7 Å². The molecule has 10 heteroatoms. The van der Waals surface area contributed by atoms with Gasteiger partial charge in [-0.25, -0.2) is 4.98 Å². The average molecular weight is 414 g/mol. The zero-order chi connectivity index (χ0) is 18.9. The Hall–Kier alpha value is -1.94. The summed E-state index contributed by atoms with van der Waals surface area (Å²) < 4.78 is 10.3. The average Bonchev–Trinajstić information content (AvgIpc) is 2.95. The molecule has 2 rings (SSSR count). The van der Waals surface area contributed by atoms with E-state index in [9.17, 15) is 0 Å². The fraction of sp³-hybridized carbons (Fsp3) is 0.312. The van der Waals surface area contributed by atoms with Gasteiger partial charge in [0.1, 0.15) is 5.75 Å². The Balaban J connectivity index is 1.96. The summed E-state index contributed by atoms with van der Waals surface area (Å²) in [7, 11) is 3.25. The molecule has 0 spiro atoms. The molecule has 0 fully saturated rings. The van der Waals surface area contributed by atoms with Gasteiger partial charge in [0.15, 0.2) is 15.4 Å². The minimum Gasteiger partial charge on any atom is -0.495 e. The highest BCUT2D eigenvalue weighted by atomic mass is 35.5. The number of ether oxygens (including phenoxy) is 2. The number of hydrazone groups is 1. The molecule has 0 unspecified atom stereocenters. The van der Waals surface area contributed by atoms with Gasteiger partial charge >= 0.3 is 0 Å². The van der Waals surface area contributed by atoms with E-state index < -0.39 is 0 Å². The van der Waals surface area contributed by atoms with Gasteiger partial charge in [-0.1, -0.05) is 35.1 Å². The summed E-state index contributed by atoms with van der Waals surface area (Å²) in [5, 5.41) is 11.7. The summed E-state index contributed by atoms with van der Waals surface area (Å²) in [4.78, 5) is 4.98. The first-order chi connectivity index (χ1) is 12.5. The standard InChI is InChI=1S/C16H20ClN5O2S2/c1-10(9-23-2)19-15(25)22-18-8-13-14(17)21-16(26-13)20-11-6-4-5-7-12(11)24-3/h4-8,10H,9H2,1-3H3,(H,20,21)(H2,19,22,25)/b18-8+/t10-/m0/s1. The lowest BCUT2D eigenvalue weighted by molar-refractivity contribution is 0.179. The van der Waals surface area contributed by atoms with Gasteiger partial charge in [0, 0.05) is 13.2 Å². The van der Waals surface area contributed by atoms with Crippen LogP contribution in [0.3, 0.4) is 0 Å². The number of nitrogens with zero attached hydrogens (tertiary/aromatic N) is 2. The molecule has 0 saturated carbocycles. The number of hydrogen-bond acceptors (Lipinski definition) is 7. The molecular formula is C16H20ClN5O2S2. The molecule has 2 aromatic rings. The Labute approximate surface area is 166 Å². The molecule has 0 aliphatic carbocycles. The predicted octanol–water partition coefficient (Wildman–Crippen LogP) is 3.38. The van der Waals surface area contributed by atoms with Crippen molar-refractivity contribution in [3.8, 4) is 5.75 Å². The Morgan fingerprint density at radius 1 is 1.42 bits per heavy atom. The van der Waals surface area contributed by atoms with Gasteiger partial charge in [-0.15, -0.1) is 0 Å². The highest BCUT2D eigenvalue weighted by Crippen LogP contribution is 2.31. The number of para-hydroxylation sites is 2. The molecule has 0 aliphatic rings. The zero-order valence-corrected chi connectivity index (χ0v) is 17.0. The summed E-state index contributed by atoms with van der Waals surface area (Å²) in [6.07, 6.45) is 1.57. The third-order valence-electron chi connectivity index (χ3n) is 3.10. The zero-order valence-electron chi connectivity index (χ0n) is 14.6. The van der Waals surface area contributed by atoms with Crippen molar-refractivity contribution < 1.29 is 9.47 Å². The van der Waals surface area contributed by atoms with Crippen LogP contribution in [0.2, 0.25) is 5.15 Å². The van der Waals surface area contributed by atoms with Gasteiger partial charge in [0.05, 0.1) is 30.5 Å². The van der Waals surface area contributed by atoms with Crippen LogP contribution in [-0.4, -0.2) is 43.2 Å². The smallest absolute Gasteiger partial charge is 0.189 e. The second-order valence-corrected chi connectivity index (χ2v) is 7.00. The van der Waals surface area contributed by atoms with Crippen LogP contribution < -0.4 is 20.8 Å². The van der Waals surface area contributed by atoms with E-state index in [0.29, 0.717) is 26.9 Å². The number of nitrogens with one attached hydrogen (secondary N) is 3. The number of rotatable bonds is 8. The molecule has 0 bridgehead atoms. The molecule has 0 aliphatic heterocycles. The Morgan fingerprint density at radius 3 is 2.92 bits per heavy atom. The predicted molar refractivity (Wildman–Crippen MR) is 111 cm³/mol. The largest absolute Gasteiger partial charge is 0.495 e. The van der Waals surface area contributed by atoms with Gasteiger partial charge < -0.3 is 20.1 Å². The second-order valence-electron chi connectivity index (χ2n) is 5.20. The van der Waals surface area contributed by atoms with Crippen molar-refractivity contribution in [2.45, 2.75) is 13.0 Å². The third kappa shape index (κ3) is 6.10. The van der Waals surface area contributed by atoms with Crippen molar-refractivity contribution in [2.75, 3.05) is 26.1 Å². The molecule has 1 aromatic carbocycles. The summed E-state index contributed by atoms with van der Waals surface area (Å²) in [6.45, 7) is 2.50. The summed E-state index contributed by atoms with van der Waals surface area (Å²) in [6, 6.07) is 7.65. The SMILES string of the molecule is COC[C@H](C)NC(=S)N/N=C/c1sc(Nc2ccccc2OC)nc1Cl. The van der Waals surface area contributed by atoms with Crippen LogP contribution in [0.1, 0.15) is 11.8 Å². The van der Waals surface area contributed by atoms with E-state index in [-0.39, 0.29) is 6.04 Å². The number of thiazole rings is 1. The molecule has 26 heavy (non-hydrogen) atoms. The first-order valence-electron chi connectivity index (χ1n) is 7.68. The van der Waals surface area contributed by atoms with E-state index in [2.05, 4.69) is 26.1 Å². The number of anilines is 2. The normalized spacial score (nSPS) is 12.0. The van der Waals surface area contributed by atoms with Crippen molar-refractivity contribution in [3.63, 3.8) is 0 Å². The minimum atomic E-state index is 0.0823. The Bertz CT molecular complexity index is 769. The molecular weight excluding hydrogens is 394 g/mol. The monoisotopic (exact) mass is 413 g/mol. The van der Waals surface area contributed by atoms with Crippen molar-refractivity contribution in [2.24, 2.45) is 5.10 Å². The first-order valence-corrected chi connectivity index (χ1v) is 9.28. The molecule has 1 atom stereocenters. The van der Waals surface area contributed by atoms with Crippen LogP contribution in [0.4, 0.5) is 10.8 Å². The number of benzene rings is 1. The molecule has 0 radical (unpaired) electrons. The fourth-order valence-corrected chi connectivity index (χ4v) is 3.30. The van der Waals surface area contributed by atoms with Crippen LogP contribution in [0.25, 0.3) is 0 Å². The van der Waals surface area contributed by atoms with E-state index >= 15 is 0 Å². The summed E-state index contributed by atoms with van der Waals surface area (Å²) in [5.74, 6) is 0.720. The van der Waals surface area contributed by atoms with Crippen molar-refractivity contribution in [3.05, 3.63) is 34.3 Å². The van der Waals surface area contributed by atoms with Gasteiger partial charge in [0.2, 0.25) is 0 Å². The molecule has 1 heterocycles. The topological polar surface area (TPSA) is 79.8 Å². The van der Waals surface area contributed by atoms with Crippen LogP contribution in [0.5, 0.6) is 5.75 Å². The van der Waals surface area contributed by atoms with Gasteiger partial charge in [-0.3, -0.25) is 5.43 Å². The van der Waals surface area contributed by atoms with Crippen molar-refractivity contribution in [1.29, 1.82) is 0 Å². The number of halogens is 1. The van der Waals surface area contributed by atoms with Gasteiger partial charge in [-0.05, 0) is 31.3 Å². The van der Waals surface area contributed by atoms with Crippen LogP contribution >= 0.6 is 35.2 Å². The van der Waals surface area contributed by atoms with E-state index in [1.165, 1.54) is 11.3 Å². The Morgan fingerprint density at radius 2 is 2.19 bits per heavy atom. The number of hydrogen-bond donors (Lipinski definition) is 3. The number of thiocarbonyl (C=S) groups is 1. The number of methoxy groups -OCH3 is 2. The molecule has 0 amide bonds. The van der Waals surface area contributed by atoms with Gasteiger partial charge in [0.25, 0.3) is 0 Å². The summed E-state index contributed by atoms with van der Waals surface area (Å²) in [5.41, 5.74) is 3.54. The lowest BCUT2D eigenvalue weighted by atomic mass is 10.3.